The largest absolute Gasteiger partial charge is 0.317 e. The maximum Gasteiger partial charge on any atom is 0.179 e. The van der Waals surface area contributed by atoms with Crippen LogP contribution < -0.4 is 5.32 Å². The van der Waals surface area contributed by atoms with Crippen LogP contribution >= 0.6 is 23.6 Å². The SMILES string of the molecule is Cc1nn(CCC2CCNCC2)c(=S)s1. The topological polar surface area (TPSA) is 29.9 Å². The molecule has 0 atom stereocenters. The Morgan fingerprint density at radius 2 is 2.27 bits per heavy atom. The summed E-state index contributed by atoms with van der Waals surface area (Å²) in [5.74, 6) is 0.857. The monoisotopic (exact) mass is 243 g/mol. The highest BCUT2D eigenvalue weighted by Crippen LogP contribution is 2.17. The lowest BCUT2D eigenvalue weighted by Gasteiger charge is -2.22. The molecule has 0 aromatic carbocycles. The molecule has 0 saturated carbocycles. The molecule has 3 nitrogen and oxygen atoms in total. The van der Waals surface area contributed by atoms with Crippen LogP contribution in [0.1, 0.15) is 24.3 Å². The molecule has 1 aromatic rings. The summed E-state index contributed by atoms with van der Waals surface area (Å²) in [7, 11) is 0. The third-order valence-corrected chi connectivity index (χ3v) is 4.14. The minimum absolute atomic E-state index is 0.857. The first-order valence-electron chi connectivity index (χ1n) is 5.51. The van der Waals surface area contributed by atoms with Gasteiger partial charge in [0.2, 0.25) is 0 Å². The van der Waals surface area contributed by atoms with Crippen LogP contribution in [0.5, 0.6) is 0 Å². The van der Waals surface area contributed by atoms with Crippen molar-refractivity contribution in [3.05, 3.63) is 8.96 Å². The van der Waals surface area contributed by atoms with Crippen LogP contribution in [0.4, 0.5) is 0 Å². The van der Waals surface area contributed by atoms with Crippen molar-refractivity contribution in [3.63, 3.8) is 0 Å². The van der Waals surface area contributed by atoms with E-state index >= 15 is 0 Å². The number of aryl methyl sites for hydroxylation is 2. The molecule has 2 heterocycles. The van der Waals surface area contributed by atoms with E-state index in [1.165, 1.54) is 32.4 Å². The van der Waals surface area contributed by atoms with Crippen LogP contribution in [0.15, 0.2) is 0 Å². The lowest BCUT2D eigenvalue weighted by molar-refractivity contribution is 0.331. The van der Waals surface area contributed by atoms with E-state index in [4.69, 9.17) is 12.2 Å². The summed E-state index contributed by atoms with van der Waals surface area (Å²) < 4.78 is 2.90. The average Bonchev–Trinajstić information content (AvgIpc) is 2.56. The molecule has 0 aliphatic carbocycles. The van der Waals surface area contributed by atoms with Gasteiger partial charge in [-0.2, -0.15) is 5.10 Å². The number of aromatic nitrogens is 2. The Hall–Kier alpha value is -0.260. The Morgan fingerprint density at radius 3 is 2.87 bits per heavy atom. The van der Waals surface area contributed by atoms with Gasteiger partial charge < -0.3 is 5.32 Å². The fourth-order valence-corrected chi connectivity index (χ4v) is 3.15. The van der Waals surface area contributed by atoms with E-state index in [1.54, 1.807) is 11.3 Å². The van der Waals surface area contributed by atoms with Gasteiger partial charge in [-0.25, -0.2) is 4.68 Å². The molecule has 84 valence electrons. The molecule has 0 radical (unpaired) electrons. The number of piperidine rings is 1. The van der Waals surface area contributed by atoms with Gasteiger partial charge in [-0.05, 0) is 57.4 Å². The Balaban J connectivity index is 1.87. The zero-order valence-electron chi connectivity index (χ0n) is 9.03. The van der Waals surface area contributed by atoms with E-state index in [0.717, 1.165) is 21.4 Å². The fraction of sp³-hybridized carbons (Fsp3) is 0.800. The maximum atomic E-state index is 5.25. The van der Waals surface area contributed by atoms with Crippen LogP contribution in [-0.2, 0) is 6.54 Å². The van der Waals surface area contributed by atoms with Gasteiger partial charge in [-0.1, -0.05) is 11.3 Å². The van der Waals surface area contributed by atoms with Gasteiger partial charge in [0, 0.05) is 6.54 Å². The molecule has 2 rings (SSSR count). The van der Waals surface area contributed by atoms with Crippen molar-refractivity contribution in [3.8, 4) is 0 Å². The smallest absolute Gasteiger partial charge is 0.179 e. The molecule has 0 bridgehead atoms. The van der Waals surface area contributed by atoms with Crippen LogP contribution in [0.2, 0.25) is 0 Å². The van der Waals surface area contributed by atoms with Crippen molar-refractivity contribution in [2.24, 2.45) is 5.92 Å². The highest BCUT2D eigenvalue weighted by Gasteiger charge is 2.13. The Labute approximate surface area is 99.5 Å². The van der Waals surface area contributed by atoms with Gasteiger partial charge in [0.1, 0.15) is 5.01 Å². The number of hydrogen-bond donors (Lipinski definition) is 1. The van der Waals surface area contributed by atoms with Crippen molar-refractivity contribution < 1.29 is 0 Å². The molecule has 0 unspecified atom stereocenters. The summed E-state index contributed by atoms with van der Waals surface area (Å²) in [6.45, 7) is 5.35. The van der Waals surface area contributed by atoms with Crippen molar-refractivity contribution in [1.29, 1.82) is 0 Å². The van der Waals surface area contributed by atoms with Crippen LogP contribution in [0.25, 0.3) is 0 Å². The second kappa shape index (κ2) is 5.18. The lowest BCUT2D eigenvalue weighted by Crippen LogP contribution is -2.28. The molecule has 1 saturated heterocycles. The summed E-state index contributed by atoms with van der Waals surface area (Å²) >= 11 is 6.86. The van der Waals surface area contributed by atoms with E-state index < -0.39 is 0 Å². The Bertz CT molecular complexity index is 363. The Kier molecular flexibility index (Phi) is 3.88. The lowest BCUT2D eigenvalue weighted by atomic mass is 9.95. The first-order valence-corrected chi connectivity index (χ1v) is 6.73. The molecular formula is C10H17N3S2. The zero-order chi connectivity index (χ0) is 10.7. The molecule has 1 N–H and O–H groups in total. The first-order chi connectivity index (χ1) is 7.25. The van der Waals surface area contributed by atoms with Gasteiger partial charge in [0.15, 0.2) is 3.95 Å². The quantitative estimate of drug-likeness (QED) is 0.827. The summed E-state index contributed by atoms with van der Waals surface area (Å²) in [6.07, 6.45) is 3.83. The van der Waals surface area contributed by atoms with Crippen LogP contribution in [0.3, 0.4) is 0 Å². The van der Waals surface area contributed by atoms with Crippen LogP contribution in [0, 0.1) is 16.8 Å². The van der Waals surface area contributed by atoms with Crippen molar-refractivity contribution in [2.75, 3.05) is 13.1 Å². The van der Waals surface area contributed by atoms with E-state index in [9.17, 15) is 0 Å². The fourth-order valence-electron chi connectivity index (χ4n) is 2.03. The van der Waals surface area contributed by atoms with Crippen molar-refractivity contribution in [2.45, 2.75) is 32.7 Å². The van der Waals surface area contributed by atoms with Gasteiger partial charge in [0.25, 0.3) is 0 Å². The van der Waals surface area contributed by atoms with E-state index in [2.05, 4.69) is 10.4 Å². The minimum Gasteiger partial charge on any atom is -0.317 e. The zero-order valence-corrected chi connectivity index (χ0v) is 10.7. The second-order valence-corrected chi connectivity index (χ2v) is 5.92. The third kappa shape index (κ3) is 3.09. The number of rotatable bonds is 3. The van der Waals surface area contributed by atoms with Crippen molar-refractivity contribution >= 4 is 23.6 Å². The molecule has 1 aliphatic rings. The molecular weight excluding hydrogens is 226 g/mol. The van der Waals surface area contributed by atoms with E-state index in [1.807, 2.05) is 11.6 Å². The molecule has 0 amide bonds. The number of hydrogen-bond acceptors (Lipinski definition) is 4. The summed E-state index contributed by atoms with van der Waals surface area (Å²) in [4.78, 5) is 0. The predicted octanol–water partition coefficient (Wildman–Crippen LogP) is 2.37. The first kappa shape index (κ1) is 11.2. The van der Waals surface area contributed by atoms with E-state index in [-0.39, 0.29) is 0 Å². The van der Waals surface area contributed by atoms with Crippen LogP contribution in [-0.4, -0.2) is 22.9 Å². The number of nitrogens with zero attached hydrogens (tertiary/aromatic N) is 2. The summed E-state index contributed by atoms with van der Waals surface area (Å²) in [5.41, 5.74) is 0. The Morgan fingerprint density at radius 1 is 1.53 bits per heavy atom. The van der Waals surface area contributed by atoms with Gasteiger partial charge in [0.05, 0.1) is 0 Å². The highest BCUT2D eigenvalue weighted by molar-refractivity contribution is 7.73. The molecule has 1 fully saturated rings. The average molecular weight is 243 g/mol. The summed E-state index contributed by atoms with van der Waals surface area (Å²) in [5, 5.41) is 8.87. The maximum absolute atomic E-state index is 5.25. The standard InChI is InChI=1S/C10H17N3S2/c1-8-12-13(10(14)15-8)7-4-9-2-5-11-6-3-9/h9,11H,2-7H2,1H3. The molecule has 1 aromatic heterocycles. The number of nitrogens with one attached hydrogen (secondary N) is 1. The molecule has 0 spiro atoms. The van der Waals surface area contributed by atoms with Gasteiger partial charge >= 0.3 is 0 Å². The highest BCUT2D eigenvalue weighted by atomic mass is 32.1. The van der Waals surface area contributed by atoms with Gasteiger partial charge in [-0.3, -0.25) is 0 Å². The molecule has 15 heavy (non-hydrogen) atoms. The molecule has 1 aliphatic heterocycles. The summed E-state index contributed by atoms with van der Waals surface area (Å²) in [6, 6.07) is 0. The van der Waals surface area contributed by atoms with E-state index in [0.29, 0.717) is 0 Å². The minimum atomic E-state index is 0.857. The molecule has 5 heteroatoms. The van der Waals surface area contributed by atoms with Crippen molar-refractivity contribution in [1.82, 2.24) is 15.1 Å². The predicted molar refractivity (Wildman–Crippen MR) is 65.9 cm³/mol. The van der Waals surface area contributed by atoms with Gasteiger partial charge in [-0.15, -0.1) is 0 Å². The normalized spacial score (nSPS) is 18.2. The second-order valence-electron chi connectivity index (χ2n) is 4.09. The third-order valence-electron chi connectivity index (χ3n) is 2.92.